The number of nitrogens with zero attached hydrogens (tertiary/aromatic N) is 4. The van der Waals surface area contributed by atoms with Gasteiger partial charge in [-0.2, -0.15) is 5.10 Å². The average molecular weight is 363 g/mol. The Balaban J connectivity index is 1.70. The van der Waals surface area contributed by atoms with E-state index < -0.39 is 0 Å². The Morgan fingerprint density at radius 2 is 2.22 bits per heavy atom. The molecule has 7 heteroatoms. The molecule has 120 valence electrons. The Kier molecular flexibility index (Phi) is 4.19. The summed E-state index contributed by atoms with van der Waals surface area (Å²) in [6, 6.07) is 6.97. The fourth-order valence-electron chi connectivity index (χ4n) is 3.16. The number of rotatable bonds is 4. The fourth-order valence-corrected chi connectivity index (χ4v) is 5.22. The molecule has 3 aromatic heterocycles. The zero-order chi connectivity index (χ0) is 15.8. The van der Waals surface area contributed by atoms with Crippen LogP contribution < -0.4 is 0 Å². The molecule has 3 aromatic rings. The molecule has 4 nitrogen and oxygen atoms in total. The van der Waals surface area contributed by atoms with Gasteiger partial charge in [0.05, 0.1) is 12.7 Å². The number of hydrogen-bond acceptors (Lipinski definition) is 5. The molecule has 1 unspecified atom stereocenters. The molecule has 0 saturated carbocycles. The third-order valence-electron chi connectivity index (χ3n) is 4.33. The number of aryl methyl sites for hydroxylation is 1. The number of thiophene rings is 2. The van der Waals surface area contributed by atoms with Crippen LogP contribution in [-0.4, -0.2) is 25.8 Å². The standard InChI is InChI=1S/C16H18N4S3/c1-2-18-10-17-20(16(18)21)11-19-7-5-13-12(6-9-23-13)15(19)14-4-3-8-22-14/h3-4,6,8-10,15H,2,5,7,11H2,1H3. The van der Waals surface area contributed by atoms with Crippen molar-refractivity contribution in [1.29, 1.82) is 0 Å². The third kappa shape index (κ3) is 2.71. The molecular formula is C16H18N4S3. The summed E-state index contributed by atoms with van der Waals surface area (Å²) < 4.78 is 4.75. The van der Waals surface area contributed by atoms with Crippen LogP contribution in [0.5, 0.6) is 0 Å². The van der Waals surface area contributed by atoms with E-state index in [1.165, 1.54) is 15.3 Å². The smallest absolute Gasteiger partial charge is 0.198 e. The summed E-state index contributed by atoms with van der Waals surface area (Å²) in [5.74, 6) is 0. The van der Waals surface area contributed by atoms with E-state index in [1.54, 1.807) is 0 Å². The van der Waals surface area contributed by atoms with Crippen LogP contribution in [0.3, 0.4) is 0 Å². The first-order valence-corrected chi connectivity index (χ1v) is 9.90. The molecule has 0 bridgehead atoms. The van der Waals surface area contributed by atoms with Gasteiger partial charge in [0.25, 0.3) is 0 Å². The van der Waals surface area contributed by atoms with Crippen molar-refractivity contribution in [2.24, 2.45) is 0 Å². The van der Waals surface area contributed by atoms with Gasteiger partial charge in [-0.05, 0) is 54.0 Å². The molecule has 1 aliphatic rings. The van der Waals surface area contributed by atoms with Gasteiger partial charge in [-0.15, -0.1) is 22.7 Å². The first-order valence-electron chi connectivity index (χ1n) is 7.74. The quantitative estimate of drug-likeness (QED) is 0.652. The number of hydrogen-bond donors (Lipinski definition) is 0. The normalized spacial score (nSPS) is 18.2. The molecule has 0 saturated heterocycles. The summed E-state index contributed by atoms with van der Waals surface area (Å²) in [6.07, 6.45) is 2.94. The molecule has 0 spiro atoms. The van der Waals surface area contributed by atoms with Gasteiger partial charge in [-0.3, -0.25) is 4.90 Å². The molecule has 0 radical (unpaired) electrons. The maximum absolute atomic E-state index is 5.53. The molecule has 4 heterocycles. The number of aromatic nitrogens is 3. The van der Waals surface area contributed by atoms with Crippen molar-refractivity contribution in [3.63, 3.8) is 0 Å². The van der Waals surface area contributed by atoms with Crippen molar-refractivity contribution >= 4 is 34.9 Å². The summed E-state index contributed by atoms with van der Waals surface area (Å²) in [7, 11) is 0. The van der Waals surface area contributed by atoms with Crippen molar-refractivity contribution in [2.45, 2.75) is 32.6 Å². The first kappa shape index (κ1) is 15.3. The van der Waals surface area contributed by atoms with Crippen LogP contribution in [0.25, 0.3) is 0 Å². The Hall–Kier alpha value is -1.28. The molecule has 4 rings (SSSR count). The van der Waals surface area contributed by atoms with Gasteiger partial charge >= 0.3 is 0 Å². The SMILES string of the molecule is CCn1cnn(CN2CCc3sccc3C2c2cccs2)c1=S. The van der Waals surface area contributed by atoms with Gasteiger partial charge in [-0.1, -0.05) is 6.07 Å². The van der Waals surface area contributed by atoms with Crippen LogP contribution in [0.1, 0.15) is 28.3 Å². The highest BCUT2D eigenvalue weighted by molar-refractivity contribution is 7.71. The second-order valence-corrected chi connectivity index (χ2v) is 7.97. The summed E-state index contributed by atoms with van der Waals surface area (Å²) in [4.78, 5) is 5.40. The van der Waals surface area contributed by atoms with Gasteiger partial charge in [-0.25, -0.2) is 4.68 Å². The van der Waals surface area contributed by atoms with E-state index in [1.807, 2.05) is 38.2 Å². The zero-order valence-electron chi connectivity index (χ0n) is 12.9. The van der Waals surface area contributed by atoms with E-state index in [0.29, 0.717) is 6.04 Å². The average Bonchev–Trinajstić information content (AvgIpc) is 3.29. The highest BCUT2D eigenvalue weighted by Crippen LogP contribution is 2.39. The van der Waals surface area contributed by atoms with Crippen LogP contribution in [0, 0.1) is 4.77 Å². The third-order valence-corrected chi connectivity index (χ3v) is 6.70. The van der Waals surface area contributed by atoms with Crippen LogP contribution >= 0.6 is 34.9 Å². The highest BCUT2D eigenvalue weighted by Gasteiger charge is 2.30. The van der Waals surface area contributed by atoms with Crippen molar-refractivity contribution < 1.29 is 0 Å². The maximum atomic E-state index is 5.53. The summed E-state index contributed by atoms with van der Waals surface area (Å²) in [6.45, 7) is 4.73. The molecule has 0 fully saturated rings. The highest BCUT2D eigenvalue weighted by atomic mass is 32.1. The zero-order valence-corrected chi connectivity index (χ0v) is 15.3. The van der Waals surface area contributed by atoms with Crippen molar-refractivity contribution in [3.8, 4) is 0 Å². The lowest BCUT2D eigenvalue weighted by Crippen LogP contribution is -2.36. The van der Waals surface area contributed by atoms with Crippen LogP contribution in [-0.2, 0) is 19.6 Å². The van der Waals surface area contributed by atoms with E-state index in [-0.39, 0.29) is 0 Å². The Labute approximate surface area is 148 Å². The largest absolute Gasteiger partial charge is 0.307 e. The predicted octanol–water partition coefficient (Wildman–Crippen LogP) is 4.16. The van der Waals surface area contributed by atoms with E-state index in [4.69, 9.17) is 12.2 Å². The van der Waals surface area contributed by atoms with E-state index >= 15 is 0 Å². The maximum Gasteiger partial charge on any atom is 0.198 e. The van der Waals surface area contributed by atoms with Gasteiger partial charge < -0.3 is 4.57 Å². The minimum atomic E-state index is 0.318. The minimum Gasteiger partial charge on any atom is -0.307 e. The fraction of sp³-hybridized carbons (Fsp3) is 0.375. The topological polar surface area (TPSA) is 26.0 Å². The lowest BCUT2D eigenvalue weighted by Gasteiger charge is -2.35. The molecule has 1 atom stereocenters. The Morgan fingerprint density at radius 1 is 1.30 bits per heavy atom. The lowest BCUT2D eigenvalue weighted by atomic mass is 9.99. The summed E-state index contributed by atoms with van der Waals surface area (Å²) >= 11 is 9.24. The van der Waals surface area contributed by atoms with Gasteiger partial charge in [0, 0.05) is 22.8 Å². The van der Waals surface area contributed by atoms with Gasteiger partial charge in [0.2, 0.25) is 0 Å². The molecule has 0 aliphatic carbocycles. The minimum absolute atomic E-state index is 0.318. The van der Waals surface area contributed by atoms with Crippen molar-refractivity contribution in [2.75, 3.05) is 6.54 Å². The molecule has 0 aromatic carbocycles. The van der Waals surface area contributed by atoms with Gasteiger partial charge in [0.15, 0.2) is 4.77 Å². The molecule has 0 N–H and O–H groups in total. The van der Waals surface area contributed by atoms with Crippen molar-refractivity contribution in [1.82, 2.24) is 19.2 Å². The molecular weight excluding hydrogens is 344 g/mol. The number of fused-ring (bicyclic) bond motifs is 1. The summed E-state index contributed by atoms with van der Waals surface area (Å²) in [5, 5.41) is 8.85. The van der Waals surface area contributed by atoms with Crippen LogP contribution in [0.4, 0.5) is 0 Å². The predicted molar refractivity (Wildman–Crippen MR) is 97.6 cm³/mol. The Morgan fingerprint density at radius 3 is 2.96 bits per heavy atom. The summed E-state index contributed by atoms with van der Waals surface area (Å²) in [5.41, 5.74) is 1.45. The second kappa shape index (κ2) is 6.32. The molecule has 1 aliphatic heterocycles. The van der Waals surface area contributed by atoms with Crippen LogP contribution in [0.15, 0.2) is 35.3 Å². The van der Waals surface area contributed by atoms with Crippen molar-refractivity contribution in [3.05, 3.63) is 55.4 Å². The van der Waals surface area contributed by atoms with E-state index in [2.05, 4.69) is 45.9 Å². The second-order valence-electron chi connectivity index (χ2n) is 5.62. The monoisotopic (exact) mass is 362 g/mol. The molecule has 0 amide bonds. The Bertz CT molecular complexity index is 843. The first-order chi connectivity index (χ1) is 11.3. The van der Waals surface area contributed by atoms with Crippen LogP contribution in [0.2, 0.25) is 0 Å². The molecule has 23 heavy (non-hydrogen) atoms. The van der Waals surface area contributed by atoms with E-state index in [0.717, 1.165) is 31.0 Å². The van der Waals surface area contributed by atoms with E-state index in [9.17, 15) is 0 Å². The lowest BCUT2D eigenvalue weighted by molar-refractivity contribution is 0.158. The van der Waals surface area contributed by atoms with Gasteiger partial charge in [0.1, 0.15) is 6.33 Å².